The molecular formula is C21H23N3O. The van der Waals surface area contributed by atoms with Crippen LogP contribution in [0.4, 0.5) is 5.82 Å². The molecule has 2 aromatic carbocycles. The summed E-state index contributed by atoms with van der Waals surface area (Å²) in [6.45, 7) is 3.96. The van der Waals surface area contributed by atoms with Gasteiger partial charge in [0, 0.05) is 44.3 Å². The molecule has 0 amide bonds. The lowest BCUT2D eigenvalue weighted by molar-refractivity contribution is 0.129. The predicted molar refractivity (Wildman–Crippen MR) is 102 cm³/mol. The van der Waals surface area contributed by atoms with Crippen LogP contribution in [0, 0.1) is 0 Å². The molecule has 1 aromatic heterocycles. The Bertz CT molecular complexity index is 831. The van der Waals surface area contributed by atoms with Crippen molar-refractivity contribution in [2.24, 2.45) is 0 Å². The summed E-state index contributed by atoms with van der Waals surface area (Å²) in [6.07, 6.45) is 1.48. The lowest BCUT2D eigenvalue weighted by atomic mass is 10.1. The molecule has 1 aliphatic heterocycles. The number of aliphatic hydroxyl groups is 1. The Morgan fingerprint density at radius 1 is 0.920 bits per heavy atom. The van der Waals surface area contributed by atoms with Gasteiger partial charge in [0.2, 0.25) is 0 Å². The van der Waals surface area contributed by atoms with E-state index in [-0.39, 0.29) is 6.10 Å². The molecule has 0 spiro atoms. The molecular weight excluding hydrogens is 310 g/mol. The van der Waals surface area contributed by atoms with E-state index in [4.69, 9.17) is 0 Å². The first-order valence-corrected chi connectivity index (χ1v) is 8.82. The molecule has 1 atom stereocenters. The summed E-state index contributed by atoms with van der Waals surface area (Å²) in [5.74, 6) is 0.971. The number of benzene rings is 2. The van der Waals surface area contributed by atoms with Gasteiger partial charge in [0.15, 0.2) is 0 Å². The Kier molecular flexibility index (Phi) is 4.63. The average Bonchev–Trinajstić information content (AvgIpc) is 2.83. The van der Waals surface area contributed by atoms with Crippen molar-refractivity contribution in [3.63, 3.8) is 0 Å². The van der Waals surface area contributed by atoms with Crippen molar-refractivity contribution in [3.05, 3.63) is 72.4 Å². The molecule has 0 bridgehead atoms. The van der Waals surface area contributed by atoms with E-state index in [0.29, 0.717) is 13.1 Å². The SMILES string of the molecule is O[C@H]1CN(Cc2ccccc2)CCN(c2nccc3ccccc23)C1. The molecule has 0 radical (unpaired) electrons. The van der Waals surface area contributed by atoms with Crippen molar-refractivity contribution >= 4 is 16.6 Å². The maximum atomic E-state index is 10.5. The van der Waals surface area contributed by atoms with Crippen LogP contribution in [0.2, 0.25) is 0 Å². The van der Waals surface area contributed by atoms with Crippen molar-refractivity contribution in [2.45, 2.75) is 12.6 Å². The summed E-state index contributed by atoms with van der Waals surface area (Å²) in [6, 6.07) is 20.8. The van der Waals surface area contributed by atoms with E-state index >= 15 is 0 Å². The van der Waals surface area contributed by atoms with Gasteiger partial charge < -0.3 is 10.0 Å². The van der Waals surface area contributed by atoms with Crippen molar-refractivity contribution in [2.75, 3.05) is 31.1 Å². The topological polar surface area (TPSA) is 39.6 Å². The van der Waals surface area contributed by atoms with Crippen LogP contribution in [0.25, 0.3) is 10.8 Å². The van der Waals surface area contributed by atoms with E-state index in [0.717, 1.165) is 30.8 Å². The highest BCUT2D eigenvalue weighted by atomic mass is 16.3. The molecule has 1 aliphatic rings. The average molecular weight is 333 g/mol. The fourth-order valence-corrected chi connectivity index (χ4v) is 3.59. The third-order valence-corrected chi connectivity index (χ3v) is 4.79. The second-order valence-electron chi connectivity index (χ2n) is 6.68. The second kappa shape index (κ2) is 7.21. The lowest BCUT2D eigenvalue weighted by Crippen LogP contribution is -2.33. The molecule has 25 heavy (non-hydrogen) atoms. The summed E-state index contributed by atoms with van der Waals surface area (Å²) in [5.41, 5.74) is 1.28. The third kappa shape index (κ3) is 3.65. The van der Waals surface area contributed by atoms with Crippen LogP contribution in [0.5, 0.6) is 0 Å². The molecule has 1 saturated heterocycles. The number of aromatic nitrogens is 1. The number of β-amino-alcohol motifs (C(OH)–C–C–N with tert-alkyl or cyclic N) is 1. The molecule has 1 N–H and O–H groups in total. The molecule has 0 aliphatic carbocycles. The Morgan fingerprint density at radius 3 is 2.60 bits per heavy atom. The first-order chi connectivity index (χ1) is 12.3. The van der Waals surface area contributed by atoms with E-state index < -0.39 is 0 Å². The van der Waals surface area contributed by atoms with Crippen molar-refractivity contribution in [3.8, 4) is 0 Å². The largest absolute Gasteiger partial charge is 0.390 e. The number of anilines is 1. The molecule has 1 fully saturated rings. The highest BCUT2D eigenvalue weighted by Gasteiger charge is 2.23. The minimum Gasteiger partial charge on any atom is -0.390 e. The number of pyridine rings is 1. The number of fused-ring (bicyclic) bond motifs is 1. The normalized spacial score (nSPS) is 19.1. The van der Waals surface area contributed by atoms with E-state index in [1.54, 1.807) is 0 Å². The maximum Gasteiger partial charge on any atom is 0.136 e. The summed E-state index contributed by atoms with van der Waals surface area (Å²) in [4.78, 5) is 9.16. The summed E-state index contributed by atoms with van der Waals surface area (Å²) in [7, 11) is 0. The zero-order valence-corrected chi connectivity index (χ0v) is 14.3. The quantitative estimate of drug-likeness (QED) is 0.800. The van der Waals surface area contributed by atoms with E-state index in [9.17, 15) is 5.11 Å². The molecule has 3 aromatic rings. The van der Waals surface area contributed by atoms with E-state index in [1.165, 1.54) is 10.9 Å². The molecule has 4 rings (SSSR count). The van der Waals surface area contributed by atoms with Gasteiger partial charge in [0.25, 0.3) is 0 Å². The van der Waals surface area contributed by atoms with Crippen molar-refractivity contribution in [1.82, 2.24) is 9.88 Å². The Labute approximate surface area is 148 Å². The molecule has 2 heterocycles. The molecule has 0 saturated carbocycles. The number of hydrogen-bond donors (Lipinski definition) is 1. The predicted octanol–water partition coefficient (Wildman–Crippen LogP) is 2.92. The number of rotatable bonds is 3. The molecule has 4 nitrogen and oxygen atoms in total. The third-order valence-electron chi connectivity index (χ3n) is 4.79. The van der Waals surface area contributed by atoms with Gasteiger partial charge in [-0.05, 0) is 17.0 Å². The Hall–Kier alpha value is -2.43. The monoisotopic (exact) mass is 333 g/mol. The molecule has 4 heteroatoms. The van der Waals surface area contributed by atoms with Crippen LogP contribution in [-0.2, 0) is 6.54 Å². The second-order valence-corrected chi connectivity index (χ2v) is 6.68. The lowest BCUT2D eigenvalue weighted by Gasteiger charge is -2.24. The van der Waals surface area contributed by atoms with Gasteiger partial charge in [-0.2, -0.15) is 0 Å². The number of nitrogens with zero attached hydrogens (tertiary/aromatic N) is 3. The van der Waals surface area contributed by atoms with Gasteiger partial charge >= 0.3 is 0 Å². The van der Waals surface area contributed by atoms with Gasteiger partial charge in [0.05, 0.1) is 6.10 Å². The summed E-state index contributed by atoms with van der Waals surface area (Å²) >= 11 is 0. The highest BCUT2D eigenvalue weighted by molar-refractivity contribution is 5.92. The van der Waals surface area contributed by atoms with Crippen molar-refractivity contribution < 1.29 is 5.11 Å². The van der Waals surface area contributed by atoms with Gasteiger partial charge in [-0.25, -0.2) is 4.98 Å². The Morgan fingerprint density at radius 2 is 1.72 bits per heavy atom. The van der Waals surface area contributed by atoms with Gasteiger partial charge in [-0.3, -0.25) is 4.90 Å². The Balaban J connectivity index is 1.54. The van der Waals surface area contributed by atoms with Gasteiger partial charge in [-0.1, -0.05) is 54.6 Å². The minimum atomic E-state index is -0.382. The fraction of sp³-hybridized carbons (Fsp3) is 0.286. The zero-order valence-electron chi connectivity index (χ0n) is 14.3. The highest BCUT2D eigenvalue weighted by Crippen LogP contribution is 2.25. The van der Waals surface area contributed by atoms with Crippen LogP contribution in [0.1, 0.15) is 5.56 Å². The van der Waals surface area contributed by atoms with E-state index in [2.05, 4.69) is 51.2 Å². The van der Waals surface area contributed by atoms with Crippen LogP contribution >= 0.6 is 0 Å². The molecule has 128 valence electrons. The van der Waals surface area contributed by atoms with Crippen LogP contribution in [0.15, 0.2) is 66.9 Å². The van der Waals surface area contributed by atoms with Crippen LogP contribution in [0.3, 0.4) is 0 Å². The fourth-order valence-electron chi connectivity index (χ4n) is 3.59. The maximum absolute atomic E-state index is 10.5. The minimum absolute atomic E-state index is 0.382. The van der Waals surface area contributed by atoms with Crippen molar-refractivity contribution in [1.29, 1.82) is 0 Å². The number of hydrogen-bond acceptors (Lipinski definition) is 4. The molecule has 0 unspecified atom stereocenters. The standard InChI is InChI=1S/C21H23N3O/c25-19-15-23(14-17-6-2-1-3-7-17)12-13-24(16-19)21-20-9-5-4-8-18(20)10-11-22-21/h1-11,19,25H,12-16H2/t19-/m0/s1. The zero-order chi connectivity index (χ0) is 17.1. The number of aliphatic hydroxyl groups excluding tert-OH is 1. The van der Waals surface area contributed by atoms with Crippen LogP contribution in [-0.4, -0.2) is 47.3 Å². The summed E-state index contributed by atoms with van der Waals surface area (Å²) in [5, 5.41) is 12.9. The smallest absolute Gasteiger partial charge is 0.136 e. The van der Waals surface area contributed by atoms with E-state index in [1.807, 2.05) is 30.5 Å². The van der Waals surface area contributed by atoms with Crippen LogP contribution < -0.4 is 4.90 Å². The van der Waals surface area contributed by atoms with Gasteiger partial charge in [0.1, 0.15) is 5.82 Å². The summed E-state index contributed by atoms with van der Waals surface area (Å²) < 4.78 is 0. The first kappa shape index (κ1) is 16.1. The van der Waals surface area contributed by atoms with Gasteiger partial charge in [-0.15, -0.1) is 0 Å². The first-order valence-electron chi connectivity index (χ1n) is 8.82.